The number of ether oxygens (including phenoxy) is 5. The molecule has 324 valence electrons. The summed E-state index contributed by atoms with van der Waals surface area (Å²) in [5.41, 5.74) is 3.84. The number of hydrogen-bond acceptors (Lipinski definition) is 10. The molecule has 2 N–H and O–H groups in total. The van der Waals surface area contributed by atoms with Crippen molar-refractivity contribution in [1.82, 2.24) is 10.6 Å². The lowest BCUT2D eigenvalue weighted by Gasteiger charge is -2.35. The number of thioether (sulfide) groups is 1. The molecule has 0 saturated carbocycles. The van der Waals surface area contributed by atoms with Crippen molar-refractivity contribution in [2.45, 2.75) is 75.6 Å². The Hall–Kier alpha value is -5.11. The summed E-state index contributed by atoms with van der Waals surface area (Å²) in [7, 11) is 2.79. The van der Waals surface area contributed by atoms with Crippen LogP contribution in [0.15, 0.2) is 103 Å². The third kappa shape index (κ3) is 15.2. The molecule has 0 heterocycles. The van der Waals surface area contributed by atoms with Crippen LogP contribution < -0.4 is 20.1 Å². The maximum atomic E-state index is 12.3. The number of nitro benzene ring substituents is 1. The van der Waals surface area contributed by atoms with Crippen LogP contribution in [0.2, 0.25) is 0 Å². The molecule has 2 amide bonds. The first-order valence-corrected chi connectivity index (χ1v) is 21.9. The van der Waals surface area contributed by atoms with E-state index in [0.29, 0.717) is 32.8 Å². The molecule has 0 aromatic heterocycles. The van der Waals surface area contributed by atoms with Gasteiger partial charge in [-0.1, -0.05) is 130 Å². The second-order valence-corrected chi connectivity index (χ2v) is 15.6. The minimum absolute atomic E-state index is 0.0398. The van der Waals surface area contributed by atoms with Gasteiger partial charge in [0.1, 0.15) is 6.10 Å². The first kappa shape index (κ1) is 47.6. The molecule has 0 aliphatic rings. The zero-order chi connectivity index (χ0) is 42.8. The van der Waals surface area contributed by atoms with Crippen LogP contribution in [0.1, 0.15) is 93.1 Å². The number of amides is 2. The molecule has 4 rings (SSSR count). The number of alkyl carbamates (subject to hydrolysis) is 1. The number of nitro groups is 1. The summed E-state index contributed by atoms with van der Waals surface area (Å²) >= 11 is 2.04. The van der Waals surface area contributed by atoms with Gasteiger partial charge in [-0.05, 0) is 48.3 Å². The van der Waals surface area contributed by atoms with E-state index in [2.05, 4.69) is 102 Å². The van der Waals surface area contributed by atoms with Crippen LogP contribution in [0.4, 0.5) is 10.5 Å². The Morgan fingerprint density at radius 3 is 1.63 bits per heavy atom. The van der Waals surface area contributed by atoms with Crippen LogP contribution in [0.25, 0.3) is 0 Å². The molecule has 0 saturated heterocycles. The summed E-state index contributed by atoms with van der Waals surface area (Å²) in [4.78, 5) is 35.5. The first-order chi connectivity index (χ1) is 29.3. The van der Waals surface area contributed by atoms with Crippen molar-refractivity contribution in [3.05, 3.63) is 135 Å². The van der Waals surface area contributed by atoms with Gasteiger partial charge in [0.25, 0.3) is 5.69 Å². The second kappa shape index (κ2) is 26.9. The van der Waals surface area contributed by atoms with Gasteiger partial charge in [-0.3, -0.25) is 14.9 Å². The van der Waals surface area contributed by atoms with Gasteiger partial charge in [0, 0.05) is 19.5 Å². The van der Waals surface area contributed by atoms with Crippen molar-refractivity contribution in [1.29, 1.82) is 0 Å². The van der Waals surface area contributed by atoms with E-state index in [1.807, 2.05) is 11.8 Å². The van der Waals surface area contributed by atoms with Crippen LogP contribution in [-0.4, -0.2) is 76.4 Å². The van der Waals surface area contributed by atoms with Gasteiger partial charge >= 0.3 is 6.09 Å². The zero-order valence-corrected chi connectivity index (χ0v) is 36.1. The van der Waals surface area contributed by atoms with Gasteiger partial charge in [-0.15, -0.1) is 11.8 Å². The molecular formula is C47H61N3O9S. The highest BCUT2D eigenvalue weighted by atomic mass is 32.2. The number of nitrogens with zero attached hydrogens (tertiary/aromatic N) is 1. The molecule has 0 bridgehead atoms. The smallest absolute Gasteiger partial charge is 0.407 e. The number of carbonyl (C=O) groups excluding carboxylic acids is 2. The third-order valence-corrected chi connectivity index (χ3v) is 11.7. The highest BCUT2D eigenvalue weighted by molar-refractivity contribution is 8.00. The fourth-order valence-corrected chi connectivity index (χ4v) is 8.54. The molecule has 0 aliphatic heterocycles. The van der Waals surface area contributed by atoms with E-state index >= 15 is 0 Å². The monoisotopic (exact) mass is 843 g/mol. The first-order valence-electron chi connectivity index (χ1n) is 20.9. The Morgan fingerprint density at radius 2 is 1.13 bits per heavy atom. The standard InChI is InChI=1S/C47H61N3O9S/c1-37(41-35-43(55-2)44(56-3)36-42(41)50(53)54)59-46(52)49-29-31-58-33-32-57-30-28-48-45(51)27-19-8-6-4-5-7-9-20-34-60-47(38-21-13-10-14-22-38,39-23-15-11-16-24-39)40-25-17-12-18-26-40/h10-18,21-26,35-37H,4-9,19-20,27-34H2,1-3H3,(H,48,51)(H,49,52). The number of unbranched alkanes of at least 4 members (excludes halogenated alkanes) is 7. The highest BCUT2D eigenvalue weighted by Crippen LogP contribution is 2.48. The predicted molar refractivity (Wildman–Crippen MR) is 237 cm³/mol. The van der Waals surface area contributed by atoms with Crippen LogP contribution in [0, 0.1) is 10.1 Å². The molecule has 4 aromatic rings. The predicted octanol–water partition coefficient (Wildman–Crippen LogP) is 9.78. The van der Waals surface area contributed by atoms with E-state index in [-0.39, 0.29) is 46.6 Å². The van der Waals surface area contributed by atoms with E-state index in [4.69, 9.17) is 23.7 Å². The second-order valence-electron chi connectivity index (χ2n) is 14.3. The third-order valence-electron chi connectivity index (χ3n) is 10.1. The quantitative estimate of drug-likeness (QED) is 0.0234. The summed E-state index contributed by atoms with van der Waals surface area (Å²) in [6.45, 7) is 3.40. The number of methoxy groups -OCH3 is 2. The summed E-state index contributed by atoms with van der Waals surface area (Å²) in [5.74, 6) is 1.60. The van der Waals surface area contributed by atoms with Gasteiger partial charge < -0.3 is 34.3 Å². The lowest BCUT2D eigenvalue weighted by atomic mass is 9.84. The molecule has 0 fully saturated rings. The minimum Gasteiger partial charge on any atom is -0.493 e. The molecule has 0 radical (unpaired) electrons. The van der Waals surface area contributed by atoms with Crippen LogP contribution in [0.5, 0.6) is 11.5 Å². The fourth-order valence-electron chi connectivity index (χ4n) is 6.97. The average Bonchev–Trinajstić information content (AvgIpc) is 3.27. The van der Waals surface area contributed by atoms with Gasteiger partial charge in [0.2, 0.25) is 5.91 Å². The molecule has 60 heavy (non-hydrogen) atoms. The van der Waals surface area contributed by atoms with E-state index < -0.39 is 17.1 Å². The minimum atomic E-state index is -0.920. The topological polar surface area (TPSA) is 147 Å². The molecule has 1 unspecified atom stereocenters. The maximum Gasteiger partial charge on any atom is 0.407 e. The van der Waals surface area contributed by atoms with Crippen molar-refractivity contribution < 1.29 is 38.2 Å². The number of nitrogens with one attached hydrogen (secondary N) is 2. The highest BCUT2D eigenvalue weighted by Gasteiger charge is 2.36. The molecule has 0 aliphatic carbocycles. The Balaban J connectivity index is 0.976. The summed E-state index contributed by atoms with van der Waals surface area (Å²) < 4.78 is 26.4. The summed E-state index contributed by atoms with van der Waals surface area (Å²) in [6, 6.07) is 35.3. The molecule has 13 heteroatoms. The lowest BCUT2D eigenvalue weighted by molar-refractivity contribution is -0.386. The normalized spacial score (nSPS) is 11.7. The molecule has 4 aromatic carbocycles. The number of carbonyl (C=O) groups is 2. The van der Waals surface area contributed by atoms with Crippen molar-refractivity contribution in [3.63, 3.8) is 0 Å². The summed E-state index contributed by atoms with van der Waals surface area (Å²) in [5, 5.41) is 17.0. The lowest BCUT2D eigenvalue weighted by Crippen LogP contribution is -2.29. The number of benzene rings is 4. The van der Waals surface area contributed by atoms with Crippen LogP contribution >= 0.6 is 11.8 Å². The Morgan fingerprint density at radius 1 is 0.667 bits per heavy atom. The molecule has 1 atom stereocenters. The van der Waals surface area contributed by atoms with Crippen molar-refractivity contribution >= 4 is 29.4 Å². The Labute approximate surface area is 359 Å². The van der Waals surface area contributed by atoms with Gasteiger partial charge in [0.05, 0.1) is 61.9 Å². The fraction of sp³-hybridized carbons (Fsp3) is 0.447. The zero-order valence-electron chi connectivity index (χ0n) is 35.2. The van der Waals surface area contributed by atoms with Gasteiger partial charge in [-0.2, -0.15) is 0 Å². The largest absolute Gasteiger partial charge is 0.493 e. The van der Waals surface area contributed by atoms with E-state index in [9.17, 15) is 19.7 Å². The number of hydrogen-bond donors (Lipinski definition) is 2. The average molecular weight is 844 g/mol. The van der Waals surface area contributed by atoms with E-state index in [0.717, 1.165) is 25.0 Å². The molecular weight excluding hydrogens is 783 g/mol. The van der Waals surface area contributed by atoms with E-state index in [1.54, 1.807) is 0 Å². The molecule has 12 nitrogen and oxygen atoms in total. The van der Waals surface area contributed by atoms with Crippen molar-refractivity contribution in [2.24, 2.45) is 0 Å². The van der Waals surface area contributed by atoms with Crippen molar-refractivity contribution in [3.8, 4) is 11.5 Å². The van der Waals surface area contributed by atoms with Gasteiger partial charge in [-0.25, -0.2) is 4.79 Å². The Bertz CT molecular complexity index is 1750. The summed E-state index contributed by atoms with van der Waals surface area (Å²) in [6.07, 6.45) is 7.96. The van der Waals surface area contributed by atoms with Gasteiger partial charge in [0.15, 0.2) is 11.5 Å². The Kier molecular flexibility index (Phi) is 21.3. The molecule has 0 spiro atoms. The van der Waals surface area contributed by atoms with Crippen LogP contribution in [0.3, 0.4) is 0 Å². The SMILES string of the molecule is COc1cc(C(C)OC(=O)NCCOCCOCCNC(=O)CCCCCCCCCCSC(c2ccccc2)(c2ccccc2)c2ccccc2)c([N+](=O)[O-])cc1OC. The number of rotatable bonds is 29. The van der Waals surface area contributed by atoms with Crippen molar-refractivity contribution in [2.75, 3.05) is 59.5 Å². The van der Waals surface area contributed by atoms with Crippen LogP contribution in [-0.2, 0) is 23.8 Å². The van der Waals surface area contributed by atoms with E-state index in [1.165, 1.54) is 82.1 Å². The maximum absolute atomic E-state index is 12.3.